The van der Waals surface area contributed by atoms with Crippen molar-refractivity contribution in [2.45, 2.75) is 94.9 Å². The maximum Gasteiger partial charge on any atom is 0.287 e. The van der Waals surface area contributed by atoms with E-state index < -0.39 is 92.6 Å². The molecule has 18 heteroatoms. The van der Waals surface area contributed by atoms with Crippen molar-refractivity contribution in [3.05, 3.63) is 53.7 Å². The fourth-order valence-electron chi connectivity index (χ4n) is 7.68. The smallest absolute Gasteiger partial charge is 0.287 e. The fraction of sp³-hybridized carbons (Fsp3) is 0.528. The Morgan fingerprint density at radius 1 is 1.07 bits per heavy atom. The van der Waals surface area contributed by atoms with Gasteiger partial charge < -0.3 is 21.1 Å². The number of nitrogens with two attached hydrogens (primary N) is 1. The van der Waals surface area contributed by atoms with Crippen molar-refractivity contribution in [1.82, 2.24) is 30.2 Å². The summed E-state index contributed by atoms with van der Waals surface area (Å²) in [6.07, 6.45) is 6.36. The van der Waals surface area contributed by atoms with Gasteiger partial charge in [0.2, 0.25) is 11.7 Å². The molecule has 3 aromatic rings. The second-order valence-corrected chi connectivity index (χ2v) is 17.3. The molecule has 2 saturated heterocycles. The Bertz CT molecular complexity index is 2130. The summed E-state index contributed by atoms with van der Waals surface area (Å²) in [7, 11) is -3.55. The normalized spacial score (nSPS) is 21.9. The molecule has 3 aliphatic rings. The Balaban J connectivity index is 1.38. The lowest BCUT2D eigenvalue weighted by Crippen LogP contribution is -2.64. The second-order valence-electron chi connectivity index (χ2n) is 15.0. The summed E-state index contributed by atoms with van der Waals surface area (Å²) in [5, 5.41) is 22.1. The number of hydrogen-bond donors (Lipinski definition) is 3. The van der Waals surface area contributed by atoms with Gasteiger partial charge in [0.15, 0.2) is 9.84 Å². The first kappa shape index (κ1) is 38.7. The Morgan fingerprint density at radius 2 is 1.78 bits per heavy atom. The minimum absolute atomic E-state index is 0.0235. The van der Waals surface area contributed by atoms with Crippen LogP contribution in [0.25, 0.3) is 10.9 Å². The summed E-state index contributed by atoms with van der Waals surface area (Å²) in [5.41, 5.74) is 2.62. The van der Waals surface area contributed by atoms with E-state index in [9.17, 15) is 41.9 Å². The zero-order valence-electron chi connectivity index (χ0n) is 30.0. The van der Waals surface area contributed by atoms with Crippen LogP contribution in [0.1, 0.15) is 93.7 Å². The van der Waals surface area contributed by atoms with Gasteiger partial charge in [-0.25, -0.2) is 22.5 Å². The van der Waals surface area contributed by atoms with E-state index in [1.54, 1.807) is 0 Å². The highest BCUT2D eigenvalue weighted by Gasteiger charge is 2.50. The molecule has 0 bridgehead atoms. The third-order valence-corrected chi connectivity index (χ3v) is 12.3. The van der Waals surface area contributed by atoms with Crippen LogP contribution in [-0.4, -0.2) is 103 Å². The lowest BCUT2D eigenvalue weighted by atomic mass is 9.85. The molecule has 1 aromatic carbocycles. The van der Waals surface area contributed by atoms with Crippen molar-refractivity contribution in [1.29, 1.82) is 0 Å². The molecule has 4 N–H and O–H groups in total. The minimum atomic E-state index is -3.55. The SMILES string of the molecule is CC(C)(O)c1cnnn1[C@H]1C[C@@H](C(=O)NC2(C(=O)C(N)=O)CCS(=O)(=O)CC2)N(C(=O)C(CC2CCCCC2)=NC(=O)c2cnc3cc(F)ccc3c2)C1. The Kier molecular flexibility index (Phi) is 10.8. The van der Waals surface area contributed by atoms with E-state index in [2.05, 4.69) is 25.6 Å². The highest BCUT2D eigenvalue weighted by molar-refractivity contribution is 7.91. The topological polar surface area (TPSA) is 237 Å². The number of Topliss-reactive ketones (excluding diaryl/α,β-unsaturated/α-hetero) is 1. The Labute approximate surface area is 310 Å². The average Bonchev–Trinajstić information content (AvgIpc) is 3.81. The van der Waals surface area contributed by atoms with E-state index in [1.165, 1.54) is 60.1 Å². The predicted octanol–water partition coefficient (Wildman–Crippen LogP) is 1.70. The van der Waals surface area contributed by atoms with Crippen molar-refractivity contribution >= 4 is 55.9 Å². The molecule has 0 unspecified atom stereocenters. The van der Waals surface area contributed by atoms with Crippen LogP contribution in [0.3, 0.4) is 0 Å². The first-order valence-corrected chi connectivity index (χ1v) is 19.8. The monoisotopic (exact) mass is 766 g/mol. The van der Waals surface area contributed by atoms with Gasteiger partial charge in [-0.2, -0.15) is 0 Å². The molecule has 0 spiro atoms. The Hall–Kier alpha value is -4.97. The van der Waals surface area contributed by atoms with Crippen LogP contribution in [0, 0.1) is 11.7 Å². The van der Waals surface area contributed by atoms with Crippen LogP contribution in [-0.2, 0) is 34.6 Å². The lowest BCUT2D eigenvalue weighted by molar-refractivity contribution is -0.143. The summed E-state index contributed by atoms with van der Waals surface area (Å²) >= 11 is 0. The molecule has 6 rings (SSSR count). The zero-order valence-corrected chi connectivity index (χ0v) is 30.8. The number of carbonyl (C=O) groups is 5. The van der Waals surface area contributed by atoms with Crippen molar-refractivity contribution in [2.75, 3.05) is 18.1 Å². The summed E-state index contributed by atoms with van der Waals surface area (Å²) < 4.78 is 39.8. The third-order valence-electron chi connectivity index (χ3n) is 10.7. The largest absolute Gasteiger partial charge is 0.384 e. The molecule has 1 saturated carbocycles. The first-order chi connectivity index (χ1) is 25.5. The molecular formula is C36H43FN8O8S. The summed E-state index contributed by atoms with van der Waals surface area (Å²) in [6.45, 7) is 2.91. The van der Waals surface area contributed by atoms with Gasteiger partial charge in [0.1, 0.15) is 28.7 Å². The van der Waals surface area contributed by atoms with Crippen molar-refractivity contribution in [2.24, 2.45) is 16.6 Å². The van der Waals surface area contributed by atoms with Crippen molar-refractivity contribution in [3.63, 3.8) is 0 Å². The molecule has 3 fully saturated rings. The number of fused-ring (bicyclic) bond motifs is 1. The molecule has 288 valence electrons. The van der Waals surface area contributed by atoms with Gasteiger partial charge >= 0.3 is 0 Å². The number of nitrogens with one attached hydrogen (secondary N) is 1. The average molecular weight is 767 g/mol. The molecule has 2 atom stereocenters. The predicted molar refractivity (Wildman–Crippen MR) is 192 cm³/mol. The number of carbonyl (C=O) groups excluding carboxylic acids is 5. The number of nitrogens with zero attached hydrogens (tertiary/aromatic N) is 6. The maximum absolute atomic E-state index is 14.7. The van der Waals surface area contributed by atoms with Gasteiger partial charge in [0.25, 0.3) is 17.7 Å². The van der Waals surface area contributed by atoms with Gasteiger partial charge in [0.05, 0.1) is 40.5 Å². The molecule has 0 radical (unpaired) electrons. The fourth-order valence-corrected chi connectivity index (χ4v) is 9.20. The number of rotatable bonds is 10. The molecular weight excluding hydrogens is 724 g/mol. The van der Waals surface area contributed by atoms with Gasteiger partial charge in [-0.1, -0.05) is 37.3 Å². The standard InChI is InChI=1S/C36H43FN8O8S/c1-35(2,51)29-19-40-43-45(29)25-17-28(33(49)42-36(30(46)31(38)47)10-12-54(52,53)13-11-36)44(20-25)34(50)27(14-21-6-4-3-5-7-21)41-32(48)23-15-22-8-9-24(37)16-26(22)39-18-23/h8-9,15-16,18-19,21,25,28,51H,3-7,10-14,17,20H2,1-2H3,(H2,38,47)(H,42,49)/t25-,28-/m0/s1. The third kappa shape index (κ3) is 8.23. The number of primary amides is 1. The Morgan fingerprint density at radius 3 is 2.44 bits per heavy atom. The summed E-state index contributed by atoms with van der Waals surface area (Å²) in [4.78, 5) is 77.9. The second kappa shape index (κ2) is 15.0. The number of amides is 4. The maximum atomic E-state index is 14.7. The van der Waals surface area contributed by atoms with E-state index in [1.807, 2.05) is 0 Å². The molecule has 1 aliphatic carbocycles. The van der Waals surface area contributed by atoms with Gasteiger partial charge in [-0.3, -0.25) is 29.0 Å². The van der Waals surface area contributed by atoms with E-state index in [-0.39, 0.29) is 36.6 Å². The van der Waals surface area contributed by atoms with Crippen molar-refractivity contribution < 1.29 is 41.9 Å². The molecule has 4 heterocycles. The number of aliphatic imine (C=N–C) groups is 1. The highest BCUT2D eigenvalue weighted by atomic mass is 32.2. The van der Waals surface area contributed by atoms with Crippen LogP contribution in [0.2, 0.25) is 0 Å². The number of benzene rings is 1. The summed E-state index contributed by atoms with van der Waals surface area (Å²) in [5.74, 6) is -6.26. The molecule has 2 aliphatic heterocycles. The number of pyridine rings is 1. The summed E-state index contributed by atoms with van der Waals surface area (Å²) in [6, 6.07) is 3.40. The lowest BCUT2D eigenvalue weighted by Gasteiger charge is -2.37. The number of halogens is 1. The van der Waals surface area contributed by atoms with Crippen LogP contribution < -0.4 is 11.1 Å². The van der Waals surface area contributed by atoms with Gasteiger partial charge in [-0.05, 0) is 57.2 Å². The number of sulfone groups is 1. The first-order valence-electron chi connectivity index (χ1n) is 17.9. The van der Waals surface area contributed by atoms with Crippen LogP contribution >= 0.6 is 0 Å². The molecule has 16 nitrogen and oxygen atoms in total. The highest BCUT2D eigenvalue weighted by Crippen LogP contribution is 2.34. The van der Waals surface area contributed by atoms with Crippen molar-refractivity contribution in [3.8, 4) is 0 Å². The van der Waals surface area contributed by atoms with Gasteiger partial charge in [-0.15, -0.1) is 5.10 Å². The van der Waals surface area contributed by atoms with Crippen LogP contribution in [0.4, 0.5) is 4.39 Å². The quantitative estimate of drug-likeness (QED) is 0.198. The zero-order chi connectivity index (χ0) is 39.0. The van der Waals surface area contributed by atoms with E-state index in [4.69, 9.17) is 5.73 Å². The number of aliphatic hydroxyl groups is 1. The molecule has 2 aromatic heterocycles. The van der Waals surface area contributed by atoms with Crippen LogP contribution in [0.5, 0.6) is 0 Å². The van der Waals surface area contributed by atoms with E-state index in [0.29, 0.717) is 16.6 Å². The molecule has 54 heavy (non-hydrogen) atoms. The minimum Gasteiger partial charge on any atom is -0.384 e. The van der Waals surface area contributed by atoms with Crippen LogP contribution in [0.15, 0.2) is 41.7 Å². The van der Waals surface area contributed by atoms with E-state index in [0.717, 1.165) is 32.1 Å². The number of aromatic nitrogens is 4. The van der Waals surface area contributed by atoms with Gasteiger partial charge in [0, 0.05) is 30.6 Å². The number of hydrogen-bond acceptors (Lipinski definition) is 11. The molecule has 4 amide bonds. The van der Waals surface area contributed by atoms with E-state index >= 15 is 0 Å². The number of ketones is 1. The number of likely N-dealkylation sites (tertiary alicyclic amines) is 1.